The average Bonchev–Trinajstić information content (AvgIpc) is 3.11. The summed E-state index contributed by atoms with van der Waals surface area (Å²) in [5.74, 6) is 0.883. The highest BCUT2D eigenvalue weighted by molar-refractivity contribution is 5.90. The highest BCUT2D eigenvalue weighted by atomic mass is 16.4. The van der Waals surface area contributed by atoms with Crippen LogP contribution in [0.1, 0.15) is 24.5 Å². The average molecular weight is 462 g/mol. The van der Waals surface area contributed by atoms with Crippen LogP contribution in [-0.2, 0) is 11.8 Å². The van der Waals surface area contributed by atoms with Crippen molar-refractivity contribution in [3.05, 3.63) is 59.4 Å². The van der Waals surface area contributed by atoms with Crippen LogP contribution >= 0.6 is 0 Å². The maximum atomic E-state index is 10.8. The van der Waals surface area contributed by atoms with E-state index in [1.54, 1.807) is 10.9 Å². The molecular weight excluding hydrogens is 430 g/mol. The van der Waals surface area contributed by atoms with Gasteiger partial charge in [0.05, 0.1) is 11.9 Å². The summed E-state index contributed by atoms with van der Waals surface area (Å²) >= 11 is 0. The number of hydrogen-bond donors (Lipinski definition) is 4. The Hall–Kier alpha value is -3.72. The summed E-state index contributed by atoms with van der Waals surface area (Å²) in [6.07, 6.45) is 9.07. The first kappa shape index (κ1) is 23.4. The van der Waals surface area contributed by atoms with E-state index in [0.717, 1.165) is 40.0 Å². The van der Waals surface area contributed by atoms with Gasteiger partial charge in [-0.2, -0.15) is 10.1 Å². The van der Waals surface area contributed by atoms with Crippen molar-refractivity contribution in [2.45, 2.75) is 27.2 Å². The Balaban J connectivity index is 1.54. The van der Waals surface area contributed by atoms with Crippen molar-refractivity contribution >= 4 is 34.5 Å². The lowest BCUT2D eigenvalue weighted by atomic mass is 9.85. The number of allylic oxidation sites excluding steroid dienone is 2. The molecule has 0 spiro atoms. The van der Waals surface area contributed by atoms with Gasteiger partial charge in [-0.25, -0.2) is 9.67 Å². The number of rotatable bonds is 9. The van der Waals surface area contributed by atoms with Gasteiger partial charge in [0.25, 0.3) is 0 Å². The molecule has 178 valence electrons. The van der Waals surface area contributed by atoms with Crippen LogP contribution in [0, 0.1) is 25.7 Å². The molecule has 2 heterocycles. The molecule has 0 bridgehead atoms. The van der Waals surface area contributed by atoms with Gasteiger partial charge in [0.15, 0.2) is 11.5 Å². The molecule has 1 aromatic carbocycles. The Morgan fingerprint density at radius 1 is 1.18 bits per heavy atom. The Morgan fingerprint density at radius 2 is 1.94 bits per heavy atom. The summed E-state index contributed by atoms with van der Waals surface area (Å²) in [6, 6.07) is 6.17. The molecule has 0 radical (unpaired) electrons. The van der Waals surface area contributed by atoms with Crippen LogP contribution in [-0.4, -0.2) is 43.9 Å². The first-order valence-electron chi connectivity index (χ1n) is 11.5. The molecule has 1 aliphatic carbocycles. The van der Waals surface area contributed by atoms with Crippen molar-refractivity contribution in [3.63, 3.8) is 0 Å². The molecule has 2 aromatic heterocycles. The first-order valence-corrected chi connectivity index (χ1v) is 11.5. The number of nitrogens with one attached hydrogen (secondary N) is 3. The van der Waals surface area contributed by atoms with Crippen molar-refractivity contribution < 1.29 is 9.90 Å². The molecule has 4 rings (SSSR count). The molecule has 0 aliphatic heterocycles. The van der Waals surface area contributed by atoms with E-state index in [2.05, 4.69) is 71.1 Å². The van der Waals surface area contributed by atoms with E-state index < -0.39 is 5.97 Å². The van der Waals surface area contributed by atoms with Gasteiger partial charge in [0.2, 0.25) is 5.95 Å². The zero-order valence-electron chi connectivity index (χ0n) is 20.0. The van der Waals surface area contributed by atoms with E-state index in [1.807, 2.05) is 19.2 Å². The smallest absolute Gasteiger partial charge is 0.317 e. The molecule has 4 N–H and O–H groups in total. The zero-order chi connectivity index (χ0) is 24.2. The number of hydrogen-bond acceptors (Lipinski definition) is 7. The topological polar surface area (TPSA) is 117 Å². The standard InChI is InChI=1S/C25H31N7O2/c1-5-17-9-10-19(11-18(17)12-26-14-21(33)34)28-25-27-13-20-23(31-32(4)24(20)30-25)29-22-15(2)7-6-8-16(22)3/h6-11,13,17-18,26H,5,12,14H2,1-4H3,(H,29,31)(H,33,34)(H,27,28,30). The molecule has 2 atom stereocenters. The van der Waals surface area contributed by atoms with Crippen LogP contribution in [0.4, 0.5) is 17.5 Å². The van der Waals surface area contributed by atoms with Gasteiger partial charge in [-0.1, -0.05) is 37.3 Å². The number of carbonyl (C=O) groups is 1. The maximum Gasteiger partial charge on any atom is 0.317 e. The predicted molar refractivity (Wildman–Crippen MR) is 134 cm³/mol. The Kier molecular flexibility index (Phi) is 6.93. The number of aromatic nitrogens is 4. The van der Waals surface area contributed by atoms with Crippen molar-refractivity contribution in [1.29, 1.82) is 0 Å². The normalized spacial score (nSPS) is 17.6. The van der Waals surface area contributed by atoms with Gasteiger partial charge in [-0.3, -0.25) is 4.79 Å². The molecule has 9 nitrogen and oxygen atoms in total. The summed E-state index contributed by atoms with van der Waals surface area (Å²) < 4.78 is 1.75. The van der Waals surface area contributed by atoms with Crippen LogP contribution in [0.3, 0.4) is 0 Å². The number of benzene rings is 1. The molecule has 0 fully saturated rings. The van der Waals surface area contributed by atoms with Crippen molar-refractivity contribution in [2.75, 3.05) is 23.7 Å². The van der Waals surface area contributed by atoms with Crippen LogP contribution in [0.5, 0.6) is 0 Å². The van der Waals surface area contributed by atoms with E-state index in [-0.39, 0.29) is 12.5 Å². The number of carboxylic acids is 1. The van der Waals surface area contributed by atoms with Gasteiger partial charge >= 0.3 is 5.97 Å². The summed E-state index contributed by atoms with van der Waals surface area (Å²) in [5.41, 5.74) is 4.94. The molecule has 2 unspecified atom stereocenters. The van der Waals surface area contributed by atoms with Gasteiger partial charge in [0.1, 0.15) is 0 Å². The predicted octanol–water partition coefficient (Wildman–Crippen LogP) is 3.91. The molecule has 0 amide bonds. The first-order chi connectivity index (χ1) is 16.4. The van der Waals surface area contributed by atoms with Crippen LogP contribution in [0.2, 0.25) is 0 Å². The fraction of sp³-hybridized carbons (Fsp3) is 0.360. The van der Waals surface area contributed by atoms with Crippen LogP contribution < -0.4 is 16.0 Å². The SMILES string of the molecule is CCC1C=CC(Nc2ncc3c(Nc4c(C)cccc4C)nn(C)c3n2)=CC1CNCC(=O)O. The fourth-order valence-electron chi connectivity index (χ4n) is 4.31. The highest BCUT2D eigenvalue weighted by Crippen LogP contribution is 2.29. The minimum atomic E-state index is -0.856. The van der Waals surface area contributed by atoms with Gasteiger partial charge in [-0.05, 0) is 49.3 Å². The van der Waals surface area contributed by atoms with E-state index in [0.29, 0.717) is 24.2 Å². The Labute approximate surface area is 199 Å². The summed E-state index contributed by atoms with van der Waals surface area (Å²) in [4.78, 5) is 20.1. The number of nitrogens with zero attached hydrogens (tertiary/aromatic N) is 4. The summed E-state index contributed by atoms with van der Waals surface area (Å²) in [6.45, 7) is 6.81. The number of anilines is 3. The number of para-hydroxylation sites is 1. The lowest BCUT2D eigenvalue weighted by molar-refractivity contribution is -0.136. The third kappa shape index (κ3) is 5.09. The third-order valence-electron chi connectivity index (χ3n) is 6.16. The fourth-order valence-corrected chi connectivity index (χ4v) is 4.31. The minimum absolute atomic E-state index is 0.0497. The van der Waals surface area contributed by atoms with Crippen molar-refractivity contribution in [3.8, 4) is 0 Å². The van der Waals surface area contributed by atoms with E-state index in [4.69, 9.17) is 10.1 Å². The molecule has 0 saturated carbocycles. The number of fused-ring (bicyclic) bond motifs is 1. The molecule has 0 saturated heterocycles. The lowest BCUT2D eigenvalue weighted by Crippen LogP contribution is -2.31. The van der Waals surface area contributed by atoms with Crippen molar-refractivity contribution in [2.24, 2.45) is 18.9 Å². The monoisotopic (exact) mass is 461 g/mol. The lowest BCUT2D eigenvalue weighted by Gasteiger charge is -2.25. The van der Waals surface area contributed by atoms with Crippen LogP contribution in [0.25, 0.3) is 11.0 Å². The molecular formula is C25H31N7O2. The second kappa shape index (κ2) is 10.0. The molecule has 34 heavy (non-hydrogen) atoms. The molecule has 1 aliphatic rings. The number of carboxylic acid groups (broad SMARTS) is 1. The molecule has 3 aromatic rings. The maximum absolute atomic E-state index is 10.8. The largest absolute Gasteiger partial charge is 0.480 e. The third-order valence-corrected chi connectivity index (χ3v) is 6.16. The Bertz CT molecular complexity index is 1240. The number of aliphatic carboxylic acids is 1. The quantitative estimate of drug-likeness (QED) is 0.379. The van der Waals surface area contributed by atoms with E-state index >= 15 is 0 Å². The van der Waals surface area contributed by atoms with Gasteiger partial charge in [-0.15, -0.1) is 0 Å². The summed E-state index contributed by atoms with van der Waals surface area (Å²) in [5, 5.41) is 24.1. The van der Waals surface area contributed by atoms with Gasteiger partial charge < -0.3 is 21.1 Å². The number of aryl methyl sites for hydroxylation is 3. The van der Waals surface area contributed by atoms with Gasteiger partial charge in [0, 0.05) is 31.2 Å². The second-order valence-electron chi connectivity index (χ2n) is 8.66. The second-order valence-corrected chi connectivity index (χ2v) is 8.66. The summed E-state index contributed by atoms with van der Waals surface area (Å²) in [7, 11) is 1.87. The van der Waals surface area contributed by atoms with Crippen molar-refractivity contribution in [1.82, 2.24) is 25.1 Å². The Morgan fingerprint density at radius 3 is 2.65 bits per heavy atom. The highest BCUT2D eigenvalue weighted by Gasteiger charge is 2.20. The minimum Gasteiger partial charge on any atom is -0.480 e. The molecule has 9 heteroatoms. The van der Waals surface area contributed by atoms with E-state index in [9.17, 15) is 4.79 Å². The van der Waals surface area contributed by atoms with E-state index in [1.165, 1.54) is 0 Å². The zero-order valence-corrected chi connectivity index (χ0v) is 20.0. The van der Waals surface area contributed by atoms with Crippen LogP contribution in [0.15, 0.2) is 48.3 Å².